The third kappa shape index (κ3) is 6.40. The van der Waals surface area contributed by atoms with Crippen LogP contribution in [0.2, 0.25) is 0 Å². The van der Waals surface area contributed by atoms with Crippen molar-refractivity contribution in [3.05, 3.63) is 0 Å². The van der Waals surface area contributed by atoms with Crippen molar-refractivity contribution in [3.8, 4) is 0 Å². The molecule has 0 aliphatic carbocycles. The van der Waals surface area contributed by atoms with E-state index in [1.165, 1.54) is 4.90 Å². The fourth-order valence-electron chi connectivity index (χ4n) is 0.949. The van der Waals surface area contributed by atoms with Gasteiger partial charge in [-0.25, -0.2) is 0 Å². The van der Waals surface area contributed by atoms with E-state index in [9.17, 15) is 9.59 Å². The van der Waals surface area contributed by atoms with Gasteiger partial charge in [0.15, 0.2) is 0 Å². The molecule has 16 heavy (non-hydrogen) atoms. The number of nitrogens with zero attached hydrogens (tertiary/aromatic N) is 1. The molecule has 0 radical (unpaired) electrons. The largest absolute Gasteiger partial charge is 0.354 e. The second-order valence-corrected chi connectivity index (χ2v) is 4.53. The number of carbonyl (C=O) groups is 2. The molecule has 5 nitrogen and oxygen atoms in total. The molecule has 0 aromatic heterocycles. The molecule has 0 aromatic carbocycles. The lowest BCUT2D eigenvalue weighted by Crippen LogP contribution is -2.46. The van der Waals surface area contributed by atoms with Crippen LogP contribution in [0, 0.1) is 5.92 Å². The van der Waals surface area contributed by atoms with Gasteiger partial charge in [-0.1, -0.05) is 13.8 Å². The standard InChI is InChI=1S/C11H23N3O2/c1-8(2)6-13-11(16)9(3)12-7-10(15)14(4)5/h8-9,12H,6-7H2,1-5H3,(H,13,16). The first-order valence-electron chi connectivity index (χ1n) is 5.55. The Bertz CT molecular complexity index is 239. The summed E-state index contributed by atoms with van der Waals surface area (Å²) in [5.74, 6) is 0.323. The summed E-state index contributed by atoms with van der Waals surface area (Å²) >= 11 is 0. The summed E-state index contributed by atoms with van der Waals surface area (Å²) < 4.78 is 0. The zero-order valence-electron chi connectivity index (χ0n) is 10.8. The molecule has 0 aliphatic rings. The average Bonchev–Trinajstić information content (AvgIpc) is 2.21. The van der Waals surface area contributed by atoms with Gasteiger partial charge in [-0.05, 0) is 12.8 Å². The molecular formula is C11H23N3O2. The summed E-state index contributed by atoms with van der Waals surface area (Å²) in [6.07, 6.45) is 0. The maximum atomic E-state index is 11.5. The van der Waals surface area contributed by atoms with Crippen molar-refractivity contribution in [3.63, 3.8) is 0 Å². The number of hydrogen-bond acceptors (Lipinski definition) is 3. The summed E-state index contributed by atoms with van der Waals surface area (Å²) in [4.78, 5) is 24.3. The van der Waals surface area contributed by atoms with Crippen molar-refractivity contribution in [2.45, 2.75) is 26.8 Å². The van der Waals surface area contributed by atoms with Crippen LogP contribution < -0.4 is 10.6 Å². The summed E-state index contributed by atoms with van der Waals surface area (Å²) in [5, 5.41) is 5.69. The van der Waals surface area contributed by atoms with Gasteiger partial charge in [0.1, 0.15) is 0 Å². The Morgan fingerprint density at radius 3 is 2.19 bits per heavy atom. The van der Waals surface area contributed by atoms with E-state index in [0.29, 0.717) is 12.5 Å². The molecule has 0 aliphatic heterocycles. The first kappa shape index (κ1) is 14.9. The maximum absolute atomic E-state index is 11.5. The van der Waals surface area contributed by atoms with Gasteiger partial charge in [0.2, 0.25) is 11.8 Å². The lowest BCUT2D eigenvalue weighted by Gasteiger charge is -2.16. The number of hydrogen-bond donors (Lipinski definition) is 2. The summed E-state index contributed by atoms with van der Waals surface area (Å²) in [7, 11) is 3.38. The van der Waals surface area contributed by atoms with Crippen LogP contribution in [0.5, 0.6) is 0 Å². The molecule has 0 spiro atoms. The van der Waals surface area contributed by atoms with E-state index < -0.39 is 0 Å². The van der Waals surface area contributed by atoms with E-state index in [2.05, 4.69) is 10.6 Å². The molecule has 0 fully saturated rings. The molecular weight excluding hydrogens is 206 g/mol. The molecule has 2 N–H and O–H groups in total. The third-order valence-corrected chi connectivity index (χ3v) is 2.14. The van der Waals surface area contributed by atoms with Gasteiger partial charge < -0.3 is 10.2 Å². The molecule has 94 valence electrons. The quantitative estimate of drug-likeness (QED) is 0.664. The topological polar surface area (TPSA) is 61.4 Å². The Balaban J connectivity index is 3.83. The van der Waals surface area contributed by atoms with Crippen LogP contribution in [0.25, 0.3) is 0 Å². The SMILES string of the molecule is CC(C)CNC(=O)C(C)NCC(=O)N(C)C. The predicted octanol–water partition coefficient (Wildman–Crippen LogP) is -0.175. The Morgan fingerprint density at radius 2 is 1.75 bits per heavy atom. The molecule has 5 heteroatoms. The molecule has 0 heterocycles. The zero-order valence-corrected chi connectivity index (χ0v) is 10.8. The van der Waals surface area contributed by atoms with Crippen LogP contribution in [-0.4, -0.2) is 49.9 Å². The van der Waals surface area contributed by atoms with E-state index in [4.69, 9.17) is 0 Å². The molecule has 0 saturated heterocycles. The summed E-state index contributed by atoms with van der Waals surface area (Å²) in [6.45, 7) is 6.66. The number of likely N-dealkylation sites (N-methyl/N-ethyl adjacent to an activating group) is 1. The molecule has 0 aromatic rings. The Morgan fingerprint density at radius 1 is 1.19 bits per heavy atom. The normalized spacial score (nSPS) is 12.4. The Kier molecular flexibility index (Phi) is 6.72. The molecule has 0 saturated carbocycles. The minimum absolute atomic E-state index is 0.0384. The van der Waals surface area contributed by atoms with E-state index in [1.807, 2.05) is 13.8 Å². The summed E-state index contributed by atoms with van der Waals surface area (Å²) in [5.41, 5.74) is 0. The van der Waals surface area contributed by atoms with Crippen molar-refractivity contribution < 1.29 is 9.59 Å². The van der Waals surface area contributed by atoms with Crippen molar-refractivity contribution in [1.29, 1.82) is 0 Å². The Hall–Kier alpha value is -1.10. The van der Waals surface area contributed by atoms with Gasteiger partial charge >= 0.3 is 0 Å². The number of rotatable bonds is 6. The van der Waals surface area contributed by atoms with Gasteiger partial charge in [0.25, 0.3) is 0 Å². The minimum atomic E-state index is -0.345. The number of carbonyl (C=O) groups excluding carboxylic acids is 2. The molecule has 2 amide bonds. The number of nitrogens with one attached hydrogen (secondary N) is 2. The van der Waals surface area contributed by atoms with Gasteiger partial charge in [-0.3, -0.25) is 14.9 Å². The van der Waals surface area contributed by atoms with Crippen LogP contribution in [0.3, 0.4) is 0 Å². The third-order valence-electron chi connectivity index (χ3n) is 2.14. The maximum Gasteiger partial charge on any atom is 0.236 e. The van der Waals surface area contributed by atoms with E-state index in [-0.39, 0.29) is 24.4 Å². The first-order valence-corrected chi connectivity index (χ1v) is 5.55. The lowest BCUT2D eigenvalue weighted by molar-refractivity contribution is -0.128. The molecule has 0 bridgehead atoms. The van der Waals surface area contributed by atoms with Crippen molar-refractivity contribution in [2.75, 3.05) is 27.2 Å². The minimum Gasteiger partial charge on any atom is -0.354 e. The zero-order chi connectivity index (χ0) is 12.7. The molecule has 1 atom stereocenters. The van der Waals surface area contributed by atoms with E-state index in [0.717, 1.165) is 0 Å². The van der Waals surface area contributed by atoms with Gasteiger partial charge in [-0.2, -0.15) is 0 Å². The van der Waals surface area contributed by atoms with Crippen LogP contribution in [0.1, 0.15) is 20.8 Å². The second kappa shape index (κ2) is 7.22. The Labute approximate surface area is 97.6 Å². The second-order valence-electron chi connectivity index (χ2n) is 4.53. The van der Waals surface area contributed by atoms with E-state index >= 15 is 0 Å². The predicted molar refractivity (Wildman–Crippen MR) is 64.0 cm³/mol. The van der Waals surface area contributed by atoms with Gasteiger partial charge in [-0.15, -0.1) is 0 Å². The first-order chi connectivity index (χ1) is 7.34. The van der Waals surface area contributed by atoms with Crippen molar-refractivity contribution in [1.82, 2.24) is 15.5 Å². The smallest absolute Gasteiger partial charge is 0.236 e. The fraction of sp³-hybridized carbons (Fsp3) is 0.818. The van der Waals surface area contributed by atoms with Crippen LogP contribution in [0.4, 0.5) is 0 Å². The van der Waals surface area contributed by atoms with Crippen LogP contribution in [-0.2, 0) is 9.59 Å². The summed E-state index contributed by atoms with van der Waals surface area (Å²) in [6, 6.07) is -0.345. The highest BCUT2D eigenvalue weighted by Gasteiger charge is 2.13. The monoisotopic (exact) mass is 229 g/mol. The number of amides is 2. The lowest BCUT2D eigenvalue weighted by atomic mass is 10.2. The van der Waals surface area contributed by atoms with Crippen molar-refractivity contribution in [2.24, 2.45) is 5.92 Å². The average molecular weight is 229 g/mol. The van der Waals surface area contributed by atoms with Gasteiger partial charge in [0.05, 0.1) is 12.6 Å². The molecule has 0 rings (SSSR count). The van der Waals surface area contributed by atoms with Crippen LogP contribution in [0.15, 0.2) is 0 Å². The highest BCUT2D eigenvalue weighted by molar-refractivity contribution is 5.83. The van der Waals surface area contributed by atoms with E-state index in [1.54, 1.807) is 21.0 Å². The molecule has 1 unspecified atom stereocenters. The fourth-order valence-corrected chi connectivity index (χ4v) is 0.949. The highest BCUT2D eigenvalue weighted by atomic mass is 16.2. The van der Waals surface area contributed by atoms with Crippen molar-refractivity contribution >= 4 is 11.8 Å². The van der Waals surface area contributed by atoms with Gasteiger partial charge in [0, 0.05) is 20.6 Å². The van der Waals surface area contributed by atoms with Crippen LogP contribution >= 0.6 is 0 Å². The highest BCUT2D eigenvalue weighted by Crippen LogP contribution is 1.89.